The standard InChI is InChI=1S/H2O5P2/c1-6(2)5-7(3)4/h1-2H/q-2. The van der Waals surface area contributed by atoms with E-state index in [0.717, 1.165) is 0 Å². The maximum Gasteiger partial charge on any atom is 0.328 e. The van der Waals surface area contributed by atoms with Crippen LogP contribution < -0.4 is 9.79 Å². The first-order valence-corrected chi connectivity index (χ1v) is 3.39. The molecule has 0 unspecified atom stereocenters. The monoisotopic (exact) mass is 144 g/mol. The Kier molecular flexibility index (Phi) is 3.98. The van der Waals surface area contributed by atoms with Gasteiger partial charge in [-0.1, -0.05) is 0 Å². The van der Waals surface area contributed by atoms with Gasteiger partial charge in [0.25, 0.3) is 0 Å². The second-order valence-corrected chi connectivity index (χ2v) is 2.16. The van der Waals surface area contributed by atoms with Crippen molar-refractivity contribution in [1.82, 2.24) is 0 Å². The van der Waals surface area contributed by atoms with E-state index in [0.29, 0.717) is 0 Å². The average Bonchev–Trinajstić information content (AvgIpc) is 1.27. The first-order chi connectivity index (χ1) is 3.13. The summed E-state index contributed by atoms with van der Waals surface area (Å²) < 4.78 is 3.38. The van der Waals surface area contributed by atoms with Gasteiger partial charge in [0.1, 0.15) is 0 Å². The Hall–Kier alpha value is 0.660. The van der Waals surface area contributed by atoms with Gasteiger partial charge in [-0.25, -0.2) is 0 Å². The molecule has 0 spiro atoms. The minimum absolute atomic E-state index is 2.74. The Morgan fingerprint density at radius 2 is 1.71 bits per heavy atom. The SMILES string of the molecule is [O-]P([O-])OP(O)O. The van der Waals surface area contributed by atoms with Crippen molar-refractivity contribution in [3.05, 3.63) is 0 Å². The van der Waals surface area contributed by atoms with Gasteiger partial charge in [0.05, 0.1) is 0 Å². The van der Waals surface area contributed by atoms with Crippen molar-refractivity contribution in [2.45, 2.75) is 0 Å². The molecule has 7 heteroatoms. The van der Waals surface area contributed by atoms with Gasteiger partial charge in [-0.05, 0) is 0 Å². The second-order valence-electron chi connectivity index (χ2n) is 0.558. The predicted octanol–water partition coefficient (Wildman–Crippen LogP) is -1.84. The minimum Gasteiger partial charge on any atom is -0.820 e. The highest BCUT2D eigenvalue weighted by Crippen LogP contribution is 2.36. The van der Waals surface area contributed by atoms with E-state index in [-0.39, 0.29) is 0 Å². The fourth-order valence-electron chi connectivity index (χ4n) is 0.0596. The average molecular weight is 144 g/mol. The third-order valence-corrected chi connectivity index (χ3v) is 1.26. The van der Waals surface area contributed by atoms with Crippen LogP contribution in [0.5, 0.6) is 0 Å². The van der Waals surface area contributed by atoms with Crippen LogP contribution in [0.3, 0.4) is 0 Å². The van der Waals surface area contributed by atoms with Gasteiger partial charge in [-0.3, -0.25) is 0 Å². The zero-order chi connectivity index (χ0) is 5.86. The largest absolute Gasteiger partial charge is 0.820 e. The highest BCUT2D eigenvalue weighted by Gasteiger charge is 1.91. The Bertz CT molecular complexity index is 35.3. The van der Waals surface area contributed by atoms with Crippen LogP contribution in [0.1, 0.15) is 0 Å². The maximum atomic E-state index is 9.32. The lowest BCUT2D eigenvalue weighted by molar-refractivity contribution is -0.311. The number of rotatable bonds is 2. The van der Waals surface area contributed by atoms with E-state index in [9.17, 15) is 9.79 Å². The van der Waals surface area contributed by atoms with Crippen LogP contribution >= 0.6 is 17.2 Å². The van der Waals surface area contributed by atoms with E-state index in [1.807, 2.05) is 0 Å². The lowest BCUT2D eigenvalue weighted by Crippen LogP contribution is -2.08. The van der Waals surface area contributed by atoms with Gasteiger partial charge in [0.2, 0.25) is 0 Å². The van der Waals surface area contributed by atoms with Gasteiger partial charge < -0.3 is 23.9 Å². The molecular weight excluding hydrogens is 142 g/mol. The Morgan fingerprint density at radius 3 is 1.71 bits per heavy atom. The van der Waals surface area contributed by atoms with Gasteiger partial charge in [-0.2, -0.15) is 0 Å². The third kappa shape index (κ3) is 6.66. The summed E-state index contributed by atoms with van der Waals surface area (Å²) in [5.74, 6) is 0. The summed E-state index contributed by atoms with van der Waals surface area (Å²) in [4.78, 5) is 34.1. The summed E-state index contributed by atoms with van der Waals surface area (Å²) in [7, 11) is -5.85. The van der Waals surface area contributed by atoms with E-state index < -0.39 is 17.2 Å². The van der Waals surface area contributed by atoms with Crippen LogP contribution in [0.2, 0.25) is 0 Å². The minimum atomic E-state index is -3.11. The normalized spacial score (nSPS) is 11.1. The second kappa shape index (κ2) is 3.64. The van der Waals surface area contributed by atoms with Crippen molar-refractivity contribution in [2.75, 3.05) is 0 Å². The highest BCUT2D eigenvalue weighted by molar-refractivity contribution is 7.52. The van der Waals surface area contributed by atoms with Crippen molar-refractivity contribution in [1.29, 1.82) is 0 Å². The molecule has 44 valence electrons. The molecule has 0 rings (SSSR count). The fourth-order valence-corrected chi connectivity index (χ4v) is 0.537. The zero-order valence-electron chi connectivity index (χ0n) is 3.01. The van der Waals surface area contributed by atoms with Crippen LogP contribution in [0.25, 0.3) is 0 Å². The molecule has 7 heavy (non-hydrogen) atoms. The van der Waals surface area contributed by atoms with Crippen molar-refractivity contribution < 1.29 is 23.9 Å². The molecule has 0 aliphatic carbocycles. The topological polar surface area (TPSA) is 95.8 Å². The zero-order valence-corrected chi connectivity index (χ0v) is 4.80. The molecule has 0 aromatic rings. The van der Waals surface area contributed by atoms with Crippen LogP contribution in [-0.4, -0.2) is 9.79 Å². The molecule has 0 saturated carbocycles. The molecule has 0 aromatic carbocycles. The number of hydrogen-bond acceptors (Lipinski definition) is 5. The highest BCUT2D eigenvalue weighted by atomic mass is 31.2. The lowest BCUT2D eigenvalue weighted by Gasteiger charge is -2.28. The van der Waals surface area contributed by atoms with E-state index in [2.05, 4.69) is 4.31 Å². The van der Waals surface area contributed by atoms with Crippen LogP contribution in [-0.2, 0) is 4.31 Å². The Morgan fingerprint density at radius 1 is 1.29 bits per heavy atom. The molecule has 0 bridgehead atoms. The van der Waals surface area contributed by atoms with Gasteiger partial charge in [0, 0.05) is 0 Å². The molecule has 2 N–H and O–H groups in total. The first-order valence-electron chi connectivity index (χ1n) is 1.13. The van der Waals surface area contributed by atoms with Crippen molar-refractivity contribution in [2.24, 2.45) is 0 Å². The van der Waals surface area contributed by atoms with E-state index in [1.54, 1.807) is 0 Å². The van der Waals surface area contributed by atoms with Gasteiger partial charge >= 0.3 is 8.60 Å². The summed E-state index contributed by atoms with van der Waals surface area (Å²) in [5, 5.41) is 0. The lowest BCUT2D eigenvalue weighted by atomic mass is 15.7. The molecule has 0 saturated heterocycles. The Labute approximate surface area is 42.2 Å². The van der Waals surface area contributed by atoms with Gasteiger partial charge in [0.15, 0.2) is 0 Å². The van der Waals surface area contributed by atoms with E-state index in [1.165, 1.54) is 0 Å². The van der Waals surface area contributed by atoms with Crippen molar-refractivity contribution in [3.63, 3.8) is 0 Å². The van der Waals surface area contributed by atoms with Crippen molar-refractivity contribution >= 4 is 17.2 Å². The molecule has 0 radical (unpaired) electrons. The molecular formula is H2O5P2-2. The quantitative estimate of drug-likeness (QED) is 0.444. The molecule has 0 amide bonds. The molecule has 0 aliphatic heterocycles. The van der Waals surface area contributed by atoms with E-state index >= 15 is 0 Å². The van der Waals surface area contributed by atoms with E-state index in [4.69, 9.17) is 9.79 Å². The maximum absolute atomic E-state index is 9.32. The summed E-state index contributed by atoms with van der Waals surface area (Å²) in [6.07, 6.45) is 0. The molecule has 0 atom stereocenters. The predicted molar refractivity (Wildman–Crippen MR) is 19.4 cm³/mol. The summed E-state index contributed by atoms with van der Waals surface area (Å²) in [6.45, 7) is 0. The summed E-state index contributed by atoms with van der Waals surface area (Å²) in [6, 6.07) is 0. The molecule has 5 nitrogen and oxygen atoms in total. The Balaban J connectivity index is 2.95. The van der Waals surface area contributed by atoms with Crippen LogP contribution in [0.15, 0.2) is 0 Å². The smallest absolute Gasteiger partial charge is 0.328 e. The van der Waals surface area contributed by atoms with Crippen LogP contribution in [0.4, 0.5) is 0 Å². The molecule has 0 aromatic heterocycles. The van der Waals surface area contributed by atoms with Gasteiger partial charge in [-0.15, -0.1) is 8.60 Å². The molecule has 0 fully saturated rings. The third-order valence-electron chi connectivity index (χ3n) is 0.140. The van der Waals surface area contributed by atoms with Crippen molar-refractivity contribution in [3.8, 4) is 0 Å². The number of hydrogen-bond donors (Lipinski definition) is 2. The summed E-state index contributed by atoms with van der Waals surface area (Å²) >= 11 is 0. The summed E-state index contributed by atoms with van der Waals surface area (Å²) in [5.41, 5.74) is 0. The molecule has 0 heterocycles. The van der Waals surface area contributed by atoms with Crippen LogP contribution in [0, 0.1) is 0 Å². The first kappa shape index (κ1) is 7.66. The fraction of sp³-hybridized carbons (Fsp3) is 0. The molecule has 0 aliphatic rings.